The van der Waals surface area contributed by atoms with E-state index in [0.717, 1.165) is 12.1 Å². The summed E-state index contributed by atoms with van der Waals surface area (Å²) in [6, 6.07) is 3.78. The highest BCUT2D eigenvalue weighted by molar-refractivity contribution is 6.33. The third-order valence-corrected chi connectivity index (χ3v) is 3.40. The van der Waals surface area contributed by atoms with E-state index in [0.29, 0.717) is 23.1 Å². The van der Waals surface area contributed by atoms with Gasteiger partial charge in [-0.15, -0.1) is 0 Å². The summed E-state index contributed by atoms with van der Waals surface area (Å²) in [5.41, 5.74) is 0.759. The van der Waals surface area contributed by atoms with Crippen LogP contribution in [0.3, 0.4) is 0 Å². The summed E-state index contributed by atoms with van der Waals surface area (Å²) in [6.45, 7) is 5.42. The lowest BCUT2D eigenvalue weighted by Gasteiger charge is -2.23. The molecule has 1 aromatic rings. The standard InChI is InChI=1S/C14H22ClNO3/c1-14(2,19-5)9-16-8-10-6-7-11(17-3)13(18-4)12(10)15/h6-7,16H,8-9H2,1-5H3. The molecule has 0 aliphatic rings. The molecule has 5 heteroatoms. The van der Waals surface area contributed by atoms with Crippen molar-refractivity contribution in [1.29, 1.82) is 0 Å². The highest BCUT2D eigenvalue weighted by atomic mass is 35.5. The molecule has 1 aromatic carbocycles. The number of hydrogen-bond acceptors (Lipinski definition) is 4. The molecule has 0 aromatic heterocycles. The molecule has 0 fully saturated rings. The second kappa shape index (κ2) is 6.98. The average molecular weight is 288 g/mol. The highest BCUT2D eigenvalue weighted by Gasteiger charge is 2.17. The number of ether oxygens (including phenoxy) is 3. The predicted octanol–water partition coefficient (Wildman–Crippen LogP) is 2.87. The van der Waals surface area contributed by atoms with E-state index in [1.165, 1.54) is 0 Å². The van der Waals surface area contributed by atoms with Gasteiger partial charge in [-0.25, -0.2) is 0 Å². The number of halogens is 1. The summed E-state index contributed by atoms with van der Waals surface area (Å²) in [4.78, 5) is 0. The van der Waals surface area contributed by atoms with Gasteiger partial charge in [0.2, 0.25) is 0 Å². The van der Waals surface area contributed by atoms with Crippen molar-refractivity contribution >= 4 is 11.6 Å². The van der Waals surface area contributed by atoms with E-state index < -0.39 is 0 Å². The molecule has 0 amide bonds. The van der Waals surface area contributed by atoms with Crippen LogP contribution in [0, 0.1) is 0 Å². The second-order valence-electron chi connectivity index (χ2n) is 4.84. The minimum Gasteiger partial charge on any atom is -0.493 e. The first kappa shape index (κ1) is 16.1. The van der Waals surface area contributed by atoms with E-state index in [2.05, 4.69) is 5.32 Å². The number of nitrogens with one attached hydrogen (secondary N) is 1. The predicted molar refractivity (Wildman–Crippen MR) is 77.4 cm³/mol. The second-order valence-corrected chi connectivity index (χ2v) is 5.22. The van der Waals surface area contributed by atoms with Crippen LogP contribution < -0.4 is 14.8 Å². The molecule has 0 aliphatic heterocycles. The van der Waals surface area contributed by atoms with Gasteiger partial charge in [-0.3, -0.25) is 0 Å². The van der Waals surface area contributed by atoms with Crippen LogP contribution in [-0.4, -0.2) is 33.5 Å². The molecule has 0 atom stereocenters. The van der Waals surface area contributed by atoms with Gasteiger partial charge in [-0.2, -0.15) is 0 Å². The first-order chi connectivity index (χ1) is 8.95. The fourth-order valence-electron chi connectivity index (χ4n) is 1.64. The first-order valence-electron chi connectivity index (χ1n) is 6.10. The van der Waals surface area contributed by atoms with Crippen LogP contribution in [0.25, 0.3) is 0 Å². The first-order valence-corrected chi connectivity index (χ1v) is 6.48. The molecule has 0 heterocycles. The fourth-order valence-corrected chi connectivity index (χ4v) is 1.94. The van der Waals surface area contributed by atoms with Crippen molar-refractivity contribution < 1.29 is 14.2 Å². The number of hydrogen-bond donors (Lipinski definition) is 1. The lowest BCUT2D eigenvalue weighted by molar-refractivity contribution is 0.0230. The molecule has 0 spiro atoms. The maximum absolute atomic E-state index is 6.30. The Hall–Kier alpha value is -0.970. The molecule has 0 saturated carbocycles. The van der Waals surface area contributed by atoms with E-state index in [1.807, 2.05) is 26.0 Å². The Morgan fingerprint density at radius 3 is 2.37 bits per heavy atom. The molecule has 0 unspecified atom stereocenters. The summed E-state index contributed by atoms with van der Waals surface area (Å²) in [6.07, 6.45) is 0. The number of methoxy groups -OCH3 is 3. The Morgan fingerprint density at radius 2 is 1.84 bits per heavy atom. The Labute approximate surface area is 120 Å². The van der Waals surface area contributed by atoms with Crippen molar-refractivity contribution in [2.24, 2.45) is 0 Å². The van der Waals surface area contributed by atoms with Gasteiger partial charge >= 0.3 is 0 Å². The third kappa shape index (κ3) is 4.27. The van der Waals surface area contributed by atoms with Crippen molar-refractivity contribution in [2.75, 3.05) is 27.9 Å². The van der Waals surface area contributed by atoms with Crippen LogP contribution in [0.5, 0.6) is 11.5 Å². The van der Waals surface area contributed by atoms with Gasteiger partial charge < -0.3 is 19.5 Å². The van der Waals surface area contributed by atoms with Crippen LogP contribution in [0.2, 0.25) is 5.02 Å². The van der Waals surface area contributed by atoms with E-state index in [9.17, 15) is 0 Å². The quantitative estimate of drug-likeness (QED) is 0.837. The Kier molecular flexibility index (Phi) is 5.91. The van der Waals surface area contributed by atoms with Crippen LogP contribution in [-0.2, 0) is 11.3 Å². The Balaban J connectivity index is 2.75. The molecule has 0 saturated heterocycles. The molecular weight excluding hydrogens is 266 g/mol. The molecule has 1 N–H and O–H groups in total. The third-order valence-electron chi connectivity index (χ3n) is 2.98. The zero-order valence-electron chi connectivity index (χ0n) is 12.2. The van der Waals surface area contributed by atoms with Crippen molar-refractivity contribution in [3.63, 3.8) is 0 Å². The van der Waals surface area contributed by atoms with E-state index in [-0.39, 0.29) is 5.60 Å². The van der Waals surface area contributed by atoms with Crippen LogP contribution in [0.15, 0.2) is 12.1 Å². The molecule has 108 valence electrons. The Bertz CT molecular complexity index is 421. The lowest BCUT2D eigenvalue weighted by atomic mass is 10.1. The average Bonchev–Trinajstić information content (AvgIpc) is 2.40. The SMILES string of the molecule is COc1ccc(CNCC(C)(C)OC)c(Cl)c1OC. The molecule has 19 heavy (non-hydrogen) atoms. The van der Waals surface area contributed by atoms with Gasteiger partial charge in [0.15, 0.2) is 11.5 Å². The molecule has 1 rings (SSSR count). The summed E-state index contributed by atoms with van der Waals surface area (Å²) in [5, 5.41) is 3.89. The maximum Gasteiger partial charge on any atom is 0.179 e. The van der Waals surface area contributed by atoms with Crippen molar-refractivity contribution in [2.45, 2.75) is 26.0 Å². The van der Waals surface area contributed by atoms with Gasteiger partial charge in [0, 0.05) is 20.2 Å². The van der Waals surface area contributed by atoms with Crippen molar-refractivity contribution in [3.8, 4) is 11.5 Å². The van der Waals surface area contributed by atoms with E-state index >= 15 is 0 Å². The van der Waals surface area contributed by atoms with Crippen molar-refractivity contribution in [3.05, 3.63) is 22.7 Å². The van der Waals surface area contributed by atoms with Gasteiger partial charge in [0.25, 0.3) is 0 Å². The number of benzene rings is 1. The van der Waals surface area contributed by atoms with Crippen molar-refractivity contribution in [1.82, 2.24) is 5.32 Å². The smallest absolute Gasteiger partial charge is 0.179 e. The summed E-state index contributed by atoms with van der Waals surface area (Å²) < 4.78 is 15.8. The zero-order valence-corrected chi connectivity index (χ0v) is 12.9. The van der Waals surface area contributed by atoms with Gasteiger partial charge in [0.05, 0.1) is 24.8 Å². The minimum atomic E-state index is -0.205. The van der Waals surface area contributed by atoms with E-state index in [1.54, 1.807) is 21.3 Å². The van der Waals surface area contributed by atoms with Gasteiger partial charge in [-0.05, 0) is 25.5 Å². The molecule has 4 nitrogen and oxygen atoms in total. The normalized spacial score (nSPS) is 11.5. The summed E-state index contributed by atoms with van der Waals surface area (Å²) >= 11 is 6.30. The largest absolute Gasteiger partial charge is 0.493 e. The fraction of sp³-hybridized carbons (Fsp3) is 0.571. The van der Waals surface area contributed by atoms with E-state index in [4.69, 9.17) is 25.8 Å². The van der Waals surface area contributed by atoms with Gasteiger partial charge in [-0.1, -0.05) is 17.7 Å². The lowest BCUT2D eigenvalue weighted by Crippen LogP contribution is -2.36. The monoisotopic (exact) mass is 287 g/mol. The summed E-state index contributed by atoms with van der Waals surface area (Å²) in [7, 11) is 4.87. The summed E-state index contributed by atoms with van der Waals surface area (Å²) in [5.74, 6) is 1.20. The van der Waals surface area contributed by atoms with Crippen LogP contribution in [0.4, 0.5) is 0 Å². The van der Waals surface area contributed by atoms with Crippen LogP contribution >= 0.6 is 11.6 Å². The van der Waals surface area contributed by atoms with Gasteiger partial charge in [0.1, 0.15) is 0 Å². The topological polar surface area (TPSA) is 39.7 Å². The molecule has 0 aliphatic carbocycles. The Morgan fingerprint density at radius 1 is 1.16 bits per heavy atom. The molecule has 0 radical (unpaired) electrons. The minimum absolute atomic E-state index is 0.205. The zero-order chi connectivity index (χ0) is 14.5. The number of rotatable bonds is 7. The molecular formula is C14H22ClNO3. The molecule has 0 bridgehead atoms. The van der Waals surface area contributed by atoms with Crippen LogP contribution in [0.1, 0.15) is 19.4 Å². The maximum atomic E-state index is 6.30. The highest BCUT2D eigenvalue weighted by Crippen LogP contribution is 2.37.